The Hall–Kier alpha value is -0.450. The highest BCUT2D eigenvalue weighted by molar-refractivity contribution is 7.96. The predicted molar refractivity (Wildman–Crippen MR) is 107 cm³/mol. The molecule has 0 saturated carbocycles. The zero-order valence-electron chi connectivity index (χ0n) is 17.3. The third-order valence-corrected chi connectivity index (χ3v) is 4.17. The third kappa shape index (κ3) is 15.2. The van der Waals surface area contributed by atoms with Crippen molar-refractivity contribution in [2.24, 2.45) is 5.92 Å². The molecule has 0 aliphatic heterocycles. The van der Waals surface area contributed by atoms with Gasteiger partial charge < -0.3 is 24.3 Å². The summed E-state index contributed by atoms with van der Waals surface area (Å²) in [5.41, 5.74) is -0.993. The van der Waals surface area contributed by atoms with E-state index in [9.17, 15) is 9.18 Å². The molecule has 0 aromatic heterocycles. The summed E-state index contributed by atoms with van der Waals surface area (Å²) in [5, 5.41) is 2.58. The molecular weight excluding hydrogens is 375 g/mol. The highest BCUT2D eigenvalue weighted by Crippen LogP contribution is 2.17. The summed E-state index contributed by atoms with van der Waals surface area (Å²) in [4.78, 5) is 11.5. The molecule has 9 heteroatoms. The van der Waals surface area contributed by atoms with Crippen LogP contribution in [0.25, 0.3) is 0 Å². The second kappa shape index (κ2) is 16.5. The summed E-state index contributed by atoms with van der Waals surface area (Å²) >= 11 is 1.56. The molecule has 1 amide bonds. The van der Waals surface area contributed by atoms with Gasteiger partial charge in [-0.25, -0.2) is 4.39 Å². The fourth-order valence-electron chi connectivity index (χ4n) is 1.85. The second-order valence-corrected chi connectivity index (χ2v) is 7.45. The fourth-order valence-corrected chi connectivity index (χ4v) is 2.14. The molecule has 0 aromatic carbocycles. The summed E-state index contributed by atoms with van der Waals surface area (Å²) in [7, 11) is 0. The van der Waals surface area contributed by atoms with Crippen molar-refractivity contribution in [3.05, 3.63) is 0 Å². The zero-order chi connectivity index (χ0) is 20.5. The molecule has 7 nitrogen and oxygen atoms in total. The number of carbonyl (C=O) groups is 1. The van der Waals surface area contributed by atoms with Crippen LogP contribution in [0.2, 0.25) is 0 Å². The molecule has 0 aliphatic rings. The third-order valence-electron chi connectivity index (χ3n) is 3.67. The van der Waals surface area contributed by atoms with Crippen molar-refractivity contribution in [1.29, 1.82) is 0 Å². The van der Waals surface area contributed by atoms with E-state index in [-0.39, 0.29) is 25.0 Å². The molecule has 0 radical (unpaired) electrons. The molecule has 0 heterocycles. The standard InChI is InChI=1S/C18H37FN2O5S/c1-15(2)17(22)20-14-16(19)18(3,4)26-13-12-25-11-10-24-9-8-23-7-6-21-27-5/h15-16,21H,6-14H2,1-5H3,(H,20,22). The van der Waals surface area contributed by atoms with Crippen LogP contribution in [0.15, 0.2) is 0 Å². The Labute approximate surface area is 167 Å². The average Bonchev–Trinajstić information content (AvgIpc) is 2.62. The second-order valence-electron chi connectivity index (χ2n) is 6.75. The van der Waals surface area contributed by atoms with Crippen LogP contribution in [0.5, 0.6) is 0 Å². The van der Waals surface area contributed by atoms with E-state index < -0.39 is 11.8 Å². The Balaban J connectivity index is 3.55. The van der Waals surface area contributed by atoms with Crippen molar-refractivity contribution in [1.82, 2.24) is 10.0 Å². The molecule has 2 N–H and O–H groups in total. The number of rotatable bonds is 18. The van der Waals surface area contributed by atoms with Gasteiger partial charge in [0.05, 0.1) is 58.4 Å². The Kier molecular flexibility index (Phi) is 16.2. The Morgan fingerprint density at radius 2 is 1.52 bits per heavy atom. The quantitative estimate of drug-likeness (QED) is 0.263. The van der Waals surface area contributed by atoms with Gasteiger partial charge in [-0.05, 0) is 20.1 Å². The minimum absolute atomic E-state index is 0.0614. The van der Waals surface area contributed by atoms with Crippen LogP contribution in [0.4, 0.5) is 4.39 Å². The van der Waals surface area contributed by atoms with E-state index in [4.69, 9.17) is 18.9 Å². The number of ether oxygens (including phenoxy) is 4. The van der Waals surface area contributed by atoms with Crippen LogP contribution in [-0.2, 0) is 23.7 Å². The molecule has 0 fully saturated rings. The van der Waals surface area contributed by atoms with Crippen LogP contribution in [0.1, 0.15) is 27.7 Å². The number of carbonyl (C=O) groups excluding carboxylic acids is 1. The van der Waals surface area contributed by atoms with Crippen molar-refractivity contribution >= 4 is 17.9 Å². The zero-order valence-corrected chi connectivity index (χ0v) is 18.2. The van der Waals surface area contributed by atoms with Gasteiger partial charge in [0.15, 0.2) is 0 Å². The van der Waals surface area contributed by atoms with E-state index in [0.717, 1.165) is 6.54 Å². The topological polar surface area (TPSA) is 78.1 Å². The summed E-state index contributed by atoms with van der Waals surface area (Å²) in [6.07, 6.45) is 0.674. The minimum atomic E-state index is -1.30. The lowest BCUT2D eigenvalue weighted by Gasteiger charge is -2.29. The van der Waals surface area contributed by atoms with Gasteiger partial charge in [0, 0.05) is 12.5 Å². The van der Waals surface area contributed by atoms with Gasteiger partial charge in [0.25, 0.3) is 0 Å². The summed E-state index contributed by atoms with van der Waals surface area (Å²) in [6, 6.07) is 0. The first kappa shape index (κ1) is 26.6. The van der Waals surface area contributed by atoms with E-state index in [1.54, 1.807) is 39.6 Å². The molecule has 1 unspecified atom stereocenters. The number of hydrogen-bond acceptors (Lipinski definition) is 7. The van der Waals surface area contributed by atoms with Crippen LogP contribution in [0.3, 0.4) is 0 Å². The lowest BCUT2D eigenvalue weighted by atomic mass is 10.0. The molecular formula is C18H37FN2O5S. The van der Waals surface area contributed by atoms with Crippen molar-refractivity contribution in [2.75, 3.05) is 65.6 Å². The number of hydrogen-bond donors (Lipinski definition) is 2. The molecule has 0 spiro atoms. The van der Waals surface area contributed by atoms with Crippen molar-refractivity contribution in [3.8, 4) is 0 Å². The molecule has 0 aliphatic carbocycles. The van der Waals surface area contributed by atoms with Crippen molar-refractivity contribution < 1.29 is 28.1 Å². The molecule has 0 saturated heterocycles. The molecule has 1 atom stereocenters. The maximum Gasteiger partial charge on any atom is 0.222 e. The van der Waals surface area contributed by atoms with E-state index in [1.807, 2.05) is 6.26 Å². The molecule has 162 valence electrons. The largest absolute Gasteiger partial charge is 0.378 e. The fraction of sp³-hybridized carbons (Fsp3) is 0.944. The van der Waals surface area contributed by atoms with E-state index >= 15 is 0 Å². The molecule has 0 aromatic rings. The highest BCUT2D eigenvalue weighted by atomic mass is 32.2. The van der Waals surface area contributed by atoms with Gasteiger partial charge in [0.2, 0.25) is 5.91 Å². The Morgan fingerprint density at radius 1 is 1.00 bits per heavy atom. The van der Waals surface area contributed by atoms with Crippen LogP contribution >= 0.6 is 11.9 Å². The minimum Gasteiger partial charge on any atom is -0.378 e. The molecule has 0 rings (SSSR count). The first-order valence-electron chi connectivity index (χ1n) is 9.36. The normalized spacial score (nSPS) is 13.1. The SMILES string of the molecule is CSNCCOCCOCCOCCOC(C)(C)C(F)CNC(=O)C(C)C. The highest BCUT2D eigenvalue weighted by Gasteiger charge is 2.30. The summed E-state index contributed by atoms with van der Waals surface area (Å²) in [6.45, 7) is 10.9. The maximum atomic E-state index is 14.2. The van der Waals surface area contributed by atoms with Gasteiger partial charge in [0.1, 0.15) is 6.17 Å². The van der Waals surface area contributed by atoms with Gasteiger partial charge in [-0.3, -0.25) is 9.52 Å². The van der Waals surface area contributed by atoms with Gasteiger partial charge in [-0.15, -0.1) is 0 Å². The van der Waals surface area contributed by atoms with Crippen LogP contribution in [0, 0.1) is 5.92 Å². The average molecular weight is 413 g/mol. The van der Waals surface area contributed by atoms with Crippen LogP contribution in [-0.4, -0.2) is 83.3 Å². The Morgan fingerprint density at radius 3 is 2.04 bits per heavy atom. The lowest BCUT2D eigenvalue weighted by Crippen LogP contribution is -2.45. The number of nitrogens with one attached hydrogen (secondary N) is 2. The predicted octanol–water partition coefficient (Wildman–Crippen LogP) is 1.81. The summed E-state index contributed by atoms with van der Waals surface area (Å²) < 4.78 is 39.0. The number of amides is 1. The molecule has 27 heavy (non-hydrogen) atoms. The number of alkyl halides is 1. The van der Waals surface area contributed by atoms with E-state index in [0.29, 0.717) is 39.6 Å². The van der Waals surface area contributed by atoms with E-state index in [1.165, 1.54) is 0 Å². The van der Waals surface area contributed by atoms with Gasteiger partial charge in [-0.1, -0.05) is 25.8 Å². The number of halogens is 1. The van der Waals surface area contributed by atoms with Crippen molar-refractivity contribution in [3.63, 3.8) is 0 Å². The van der Waals surface area contributed by atoms with Crippen molar-refractivity contribution in [2.45, 2.75) is 39.5 Å². The monoisotopic (exact) mass is 412 g/mol. The Bertz CT molecular complexity index is 376. The first-order valence-corrected chi connectivity index (χ1v) is 10.6. The lowest BCUT2D eigenvalue weighted by molar-refractivity contribution is -0.125. The smallest absolute Gasteiger partial charge is 0.222 e. The van der Waals surface area contributed by atoms with Crippen LogP contribution < -0.4 is 10.0 Å². The van der Waals surface area contributed by atoms with Gasteiger partial charge in [-0.2, -0.15) is 0 Å². The first-order chi connectivity index (χ1) is 12.8. The van der Waals surface area contributed by atoms with E-state index in [2.05, 4.69) is 10.0 Å². The molecule has 0 bridgehead atoms. The van der Waals surface area contributed by atoms with Gasteiger partial charge >= 0.3 is 0 Å². The summed E-state index contributed by atoms with van der Waals surface area (Å²) in [5.74, 6) is -0.334. The maximum absolute atomic E-state index is 14.2.